The number of hydrogen-bond donors (Lipinski definition) is 1. The first-order chi connectivity index (χ1) is 9.66. The fourth-order valence-electron chi connectivity index (χ4n) is 2.99. The highest BCUT2D eigenvalue weighted by Gasteiger charge is 2.14. The van der Waals surface area contributed by atoms with Crippen LogP contribution in [0.15, 0.2) is 35.9 Å². The van der Waals surface area contributed by atoms with Crippen molar-refractivity contribution in [2.75, 3.05) is 0 Å². The minimum atomic E-state index is -0.402. The molecule has 20 heavy (non-hydrogen) atoms. The molecule has 1 atom stereocenters. The van der Waals surface area contributed by atoms with Crippen LogP contribution in [0.4, 0.5) is 0 Å². The van der Waals surface area contributed by atoms with E-state index in [0.29, 0.717) is 5.92 Å². The molecule has 1 N–H and O–H groups in total. The van der Waals surface area contributed by atoms with Crippen molar-refractivity contribution in [1.29, 1.82) is 0 Å². The van der Waals surface area contributed by atoms with Gasteiger partial charge in [-0.3, -0.25) is 0 Å². The van der Waals surface area contributed by atoms with E-state index in [0.717, 1.165) is 24.8 Å². The molecule has 0 saturated heterocycles. The molecule has 0 amide bonds. The van der Waals surface area contributed by atoms with Crippen LogP contribution in [0.25, 0.3) is 0 Å². The van der Waals surface area contributed by atoms with Gasteiger partial charge in [0.2, 0.25) is 0 Å². The number of aliphatic hydroxyl groups is 1. The number of rotatable bonds is 4. The minimum Gasteiger partial charge on any atom is -0.384 e. The molecular formula is C19H28O. The average molecular weight is 272 g/mol. The van der Waals surface area contributed by atoms with Crippen LogP contribution in [-0.2, 0) is 6.42 Å². The van der Waals surface area contributed by atoms with Crippen LogP contribution in [0.1, 0.15) is 69.6 Å². The van der Waals surface area contributed by atoms with Crippen molar-refractivity contribution in [1.82, 2.24) is 0 Å². The van der Waals surface area contributed by atoms with Crippen molar-refractivity contribution in [3.05, 3.63) is 47.0 Å². The highest BCUT2D eigenvalue weighted by Crippen LogP contribution is 2.29. The highest BCUT2D eigenvalue weighted by molar-refractivity contribution is 5.29. The lowest BCUT2D eigenvalue weighted by Crippen LogP contribution is -2.04. The van der Waals surface area contributed by atoms with Gasteiger partial charge in [-0.1, -0.05) is 57.0 Å². The van der Waals surface area contributed by atoms with Gasteiger partial charge in [0, 0.05) is 0 Å². The first kappa shape index (κ1) is 15.3. The predicted octanol–water partition coefficient (Wildman–Crippen LogP) is 5.20. The van der Waals surface area contributed by atoms with E-state index in [1.54, 1.807) is 0 Å². The summed E-state index contributed by atoms with van der Waals surface area (Å²) in [6.07, 6.45) is 10.3. The van der Waals surface area contributed by atoms with Crippen molar-refractivity contribution in [2.24, 2.45) is 5.92 Å². The molecule has 0 fully saturated rings. The Labute approximate surface area is 123 Å². The first-order valence-electron chi connectivity index (χ1n) is 8.12. The summed E-state index contributed by atoms with van der Waals surface area (Å²) in [5, 5.41) is 10.6. The van der Waals surface area contributed by atoms with Crippen LogP contribution in [-0.4, -0.2) is 5.11 Å². The van der Waals surface area contributed by atoms with Crippen LogP contribution >= 0.6 is 0 Å². The smallest absolute Gasteiger partial charge is 0.100 e. The number of allylic oxidation sites excluding steroid dienone is 1. The van der Waals surface area contributed by atoms with Crippen molar-refractivity contribution >= 4 is 0 Å². The summed E-state index contributed by atoms with van der Waals surface area (Å²) in [5.41, 5.74) is 3.63. The molecule has 1 aromatic carbocycles. The Morgan fingerprint density at radius 1 is 1.00 bits per heavy atom. The zero-order chi connectivity index (χ0) is 14.4. The standard InChI is InChI=1S/C19H28O/c1-15(2)14-16-10-12-18(13-11-16)19(20)17-8-6-4-3-5-7-9-17/h8,10-13,15,19-20H,3-7,9,14H2,1-2H3/b17-8+. The SMILES string of the molecule is CC(C)Cc1ccc(C(O)/C2=C/CCCCCC2)cc1. The van der Waals surface area contributed by atoms with E-state index >= 15 is 0 Å². The lowest BCUT2D eigenvalue weighted by molar-refractivity contribution is 0.209. The van der Waals surface area contributed by atoms with Gasteiger partial charge < -0.3 is 5.11 Å². The molecule has 2 rings (SSSR count). The second-order valence-electron chi connectivity index (χ2n) is 6.47. The minimum absolute atomic E-state index is 0.402. The van der Waals surface area contributed by atoms with Crippen LogP contribution < -0.4 is 0 Å². The third-order valence-electron chi connectivity index (χ3n) is 4.12. The molecule has 110 valence electrons. The van der Waals surface area contributed by atoms with Crippen molar-refractivity contribution in [3.8, 4) is 0 Å². The van der Waals surface area contributed by atoms with Crippen LogP contribution in [0.5, 0.6) is 0 Å². The van der Waals surface area contributed by atoms with E-state index < -0.39 is 6.10 Å². The Balaban J connectivity index is 2.05. The quantitative estimate of drug-likeness (QED) is 0.747. The maximum absolute atomic E-state index is 10.6. The Morgan fingerprint density at radius 2 is 1.70 bits per heavy atom. The van der Waals surface area contributed by atoms with Crippen LogP contribution in [0.2, 0.25) is 0 Å². The summed E-state index contributed by atoms with van der Waals surface area (Å²) in [5.74, 6) is 0.680. The van der Waals surface area contributed by atoms with Gasteiger partial charge in [-0.15, -0.1) is 0 Å². The zero-order valence-corrected chi connectivity index (χ0v) is 12.9. The summed E-state index contributed by atoms with van der Waals surface area (Å²) >= 11 is 0. The van der Waals surface area contributed by atoms with E-state index in [2.05, 4.69) is 44.2 Å². The van der Waals surface area contributed by atoms with Gasteiger partial charge >= 0.3 is 0 Å². The lowest BCUT2D eigenvalue weighted by atomic mass is 9.92. The van der Waals surface area contributed by atoms with E-state index in [1.807, 2.05) is 0 Å². The van der Waals surface area contributed by atoms with Gasteiger partial charge in [0.05, 0.1) is 0 Å². The summed E-state index contributed by atoms with van der Waals surface area (Å²) in [7, 11) is 0. The van der Waals surface area contributed by atoms with E-state index in [-0.39, 0.29) is 0 Å². The molecule has 1 nitrogen and oxygen atoms in total. The van der Waals surface area contributed by atoms with Gasteiger partial charge in [0.25, 0.3) is 0 Å². The molecule has 0 aliphatic heterocycles. The third kappa shape index (κ3) is 4.49. The molecule has 0 bridgehead atoms. The largest absolute Gasteiger partial charge is 0.384 e. The molecule has 0 aromatic heterocycles. The fourth-order valence-corrected chi connectivity index (χ4v) is 2.99. The Bertz CT molecular complexity index is 428. The van der Waals surface area contributed by atoms with Crippen LogP contribution in [0.3, 0.4) is 0 Å². The maximum Gasteiger partial charge on any atom is 0.100 e. The van der Waals surface area contributed by atoms with E-state index in [1.165, 1.54) is 36.8 Å². The third-order valence-corrected chi connectivity index (χ3v) is 4.12. The lowest BCUT2D eigenvalue weighted by Gasteiger charge is -2.18. The van der Waals surface area contributed by atoms with Gasteiger partial charge in [0.15, 0.2) is 0 Å². The monoisotopic (exact) mass is 272 g/mol. The number of hydrogen-bond acceptors (Lipinski definition) is 1. The molecule has 1 aliphatic rings. The number of benzene rings is 1. The summed E-state index contributed by atoms with van der Waals surface area (Å²) in [6.45, 7) is 4.48. The van der Waals surface area contributed by atoms with E-state index in [4.69, 9.17) is 0 Å². The summed E-state index contributed by atoms with van der Waals surface area (Å²) < 4.78 is 0. The molecule has 0 heterocycles. The molecule has 1 aliphatic carbocycles. The summed E-state index contributed by atoms with van der Waals surface area (Å²) in [6, 6.07) is 8.54. The highest BCUT2D eigenvalue weighted by atomic mass is 16.3. The zero-order valence-electron chi connectivity index (χ0n) is 12.9. The number of aliphatic hydroxyl groups excluding tert-OH is 1. The molecule has 1 heteroatoms. The Hall–Kier alpha value is -1.08. The second-order valence-corrected chi connectivity index (χ2v) is 6.47. The topological polar surface area (TPSA) is 20.2 Å². The molecule has 1 unspecified atom stereocenters. The predicted molar refractivity (Wildman–Crippen MR) is 85.7 cm³/mol. The molecule has 0 saturated carbocycles. The Morgan fingerprint density at radius 3 is 2.40 bits per heavy atom. The molecule has 1 aromatic rings. The molecule has 0 radical (unpaired) electrons. The average Bonchev–Trinajstić information content (AvgIpc) is 2.38. The van der Waals surface area contributed by atoms with Crippen molar-refractivity contribution < 1.29 is 5.11 Å². The van der Waals surface area contributed by atoms with Crippen molar-refractivity contribution in [2.45, 2.75) is 64.9 Å². The molecule has 0 spiro atoms. The summed E-state index contributed by atoms with van der Waals surface area (Å²) in [4.78, 5) is 0. The Kier molecular flexibility index (Phi) is 5.85. The fraction of sp³-hybridized carbons (Fsp3) is 0.579. The van der Waals surface area contributed by atoms with Crippen LogP contribution in [0, 0.1) is 5.92 Å². The first-order valence-corrected chi connectivity index (χ1v) is 8.12. The van der Waals surface area contributed by atoms with Gasteiger partial charge in [-0.2, -0.15) is 0 Å². The van der Waals surface area contributed by atoms with Gasteiger partial charge in [0.1, 0.15) is 6.10 Å². The normalized spacial score (nSPS) is 20.9. The van der Waals surface area contributed by atoms with Gasteiger partial charge in [-0.25, -0.2) is 0 Å². The maximum atomic E-state index is 10.6. The van der Waals surface area contributed by atoms with Gasteiger partial charge in [-0.05, 0) is 54.7 Å². The molecular weight excluding hydrogens is 244 g/mol. The van der Waals surface area contributed by atoms with E-state index in [9.17, 15) is 5.11 Å². The van der Waals surface area contributed by atoms with Crippen molar-refractivity contribution in [3.63, 3.8) is 0 Å². The second kappa shape index (κ2) is 7.64.